The van der Waals surface area contributed by atoms with Gasteiger partial charge in [-0.15, -0.1) is 0 Å². The van der Waals surface area contributed by atoms with Crippen LogP contribution in [-0.4, -0.2) is 16.0 Å². The predicted octanol–water partition coefficient (Wildman–Crippen LogP) is 3.40. The molecule has 1 aromatic carbocycles. The van der Waals surface area contributed by atoms with E-state index in [9.17, 15) is 0 Å². The minimum absolute atomic E-state index is 0.444. The number of aromatic nitrogens is 2. The molecule has 3 nitrogen and oxygen atoms in total. The van der Waals surface area contributed by atoms with E-state index in [4.69, 9.17) is 0 Å². The van der Waals surface area contributed by atoms with Crippen LogP contribution < -0.4 is 5.32 Å². The summed E-state index contributed by atoms with van der Waals surface area (Å²) in [7, 11) is 0. The van der Waals surface area contributed by atoms with Gasteiger partial charge in [0.1, 0.15) is 5.82 Å². The fourth-order valence-corrected chi connectivity index (χ4v) is 1.80. The molecule has 0 radical (unpaired) electrons. The molecular formula is C14H16BrN3. The van der Waals surface area contributed by atoms with Crippen molar-refractivity contribution in [1.82, 2.24) is 15.3 Å². The molecule has 1 aromatic heterocycles. The Kier molecular flexibility index (Phi) is 4.44. The molecule has 0 saturated heterocycles. The van der Waals surface area contributed by atoms with Crippen LogP contribution in [0.4, 0.5) is 0 Å². The van der Waals surface area contributed by atoms with E-state index in [1.54, 1.807) is 0 Å². The van der Waals surface area contributed by atoms with E-state index in [0.29, 0.717) is 12.6 Å². The minimum Gasteiger partial charge on any atom is -0.308 e. The van der Waals surface area contributed by atoms with E-state index in [0.717, 1.165) is 21.4 Å². The normalized spacial score (nSPS) is 10.9. The van der Waals surface area contributed by atoms with Crippen LogP contribution in [0.2, 0.25) is 0 Å². The van der Waals surface area contributed by atoms with Gasteiger partial charge in [0.05, 0.1) is 6.54 Å². The maximum atomic E-state index is 4.36. The third-order valence-corrected chi connectivity index (χ3v) is 3.08. The van der Waals surface area contributed by atoms with E-state index < -0.39 is 0 Å². The molecule has 0 aliphatic rings. The van der Waals surface area contributed by atoms with Gasteiger partial charge in [-0.05, 0) is 17.7 Å². The highest BCUT2D eigenvalue weighted by molar-refractivity contribution is 9.10. The molecule has 0 amide bonds. The zero-order valence-corrected chi connectivity index (χ0v) is 12.1. The van der Waals surface area contributed by atoms with Gasteiger partial charge >= 0.3 is 0 Å². The van der Waals surface area contributed by atoms with Crippen LogP contribution in [0, 0.1) is 0 Å². The molecule has 0 aliphatic heterocycles. The number of rotatable bonds is 4. The van der Waals surface area contributed by atoms with Crippen LogP contribution in [0.5, 0.6) is 0 Å². The second-order valence-corrected chi connectivity index (χ2v) is 5.35. The zero-order chi connectivity index (χ0) is 13.0. The van der Waals surface area contributed by atoms with Gasteiger partial charge in [0.15, 0.2) is 0 Å². The highest BCUT2D eigenvalue weighted by Gasteiger charge is 2.01. The summed E-state index contributed by atoms with van der Waals surface area (Å²) in [5.41, 5.74) is 2.16. The first kappa shape index (κ1) is 13.2. The third kappa shape index (κ3) is 3.62. The molecule has 0 spiro atoms. The van der Waals surface area contributed by atoms with Crippen molar-refractivity contribution in [2.45, 2.75) is 26.4 Å². The highest BCUT2D eigenvalue weighted by Crippen LogP contribution is 2.20. The number of hydrogen-bond donors (Lipinski definition) is 1. The lowest BCUT2D eigenvalue weighted by molar-refractivity contribution is 0.572. The molecule has 2 rings (SSSR count). The van der Waals surface area contributed by atoms with Crippen molar-refractivity contribution in [3.8, 4) is 11.1 Å². The molecule has 1 heterocycles. The van der Waals surface area contributed by atoms with Gasteiger partial charge < -0.3 is 5.32 Å². The molecule has 0 saturated carbocycles. The summed E-state index contributed by atoms with van der Waals surface area (Å²) in [5, 5.41) is 3.30. The first-order valence-corrected chi connectivity index (χ1v) is 6.74. The van der Waals surface area contributed by atoms with Gasteiger partial charge in [0.25, 0.3) is 0 Å². The van der Waals surface area contributed by atoms with Crippen LogP contribution in [0.1, 0.15) is 19.7 Å². The molecule has 2 aromatic rings. The standard InChI is InChI=1S/C14H16BrN3/c1-10(2)16-9-14-17-7-12(8-18-14)11-3-5-13(15)6-4-11/h3-8,10,16H,9H2,1-2H3. The van der Waals surface area contributed by atoms with Crippen molar-refractivity contribution in [3.05, 3.63) is 47.0 Å². The SMILES string of the molecule is CC(C)NCc1ncc(-c2ccc(Br)cc2)cn1. The van der Waals surface area contributed by atoms with E-state index in [-0.39, 0.29) is 0 Å². The number of nitrogens with zero attached hydrogens (tertiary/aromatic N) is 2. The van der Waals surface area contributed by atoms with Crippen LogP contribution in [0.25, 0.3) is 11.1 Å². The van der Waals surface area contributed by atoms with Gasteiger partial charge in [-0.1, -0.05) is 41.9 Å². The summed E-state index contributed by atoms with van der Waals surface area (Å²) in [6, 6.07) is 8.58. The van der Waals surface area contributed by atoms with E-state index in [1.165, 1.54) is 0 Å². The van der Waals surface area contributed by atoms with Crippen molar-refractivity contribution in [2.24, 2.45) is 0 Å². The molecule has 1 N–H and O–H groups in total. The lowest BCUT2D eigenvalue weighted by atomic mass is 10.1. The largest absolute Gasteiger partial charge is 0.308 e. The molecule has 0 bridgehead atoms. The van der Waals surface area contributed by atoms with Crippen molar-refractivity contribution in [3.63, 3.8) is 0 Å². The lowest BCUT2D eigenvalue weighted by Crippen LogP contribution is -2.23. The average Bonchev–Trinajstić information content (AvgIpc) is 2.38. The molecule has 4 heteroatoms. The maximum absolute atomic E-state index is 4.36. The van der Waals surface area contributed by atoms with E-state index in [2.05, 4.69) is 57.2 Å². The molecule has 0 unspecified atom stereocenters. The Hall–Kier alpha value is -1.26. The van der Waals surface area contributed by atoms with E-state index in [1.807, 2.05) is 24.5 Å². The molecular weight excluding hydrogens is 290 g/mol. The van der Waals surface area contributed by atoms with Gasteiger partial charge in [-0.3, -0.25) is 0 Å². The fourth-order valence-electron chi connectivity index (χ4n) is 1.53. The summed E-state index contributed by atoms with van der Waals surface area (Å²) >= 11 is 3.42. The van der Waals surface area contributed by atoms with Gasteiger partial charge in [-0.25, -0.2) is 9.97 Å². The Bertz CT molecular complexity index is 491. The molecule has 0 fully saturated rings. The summed E-state index contributed by atoms with van der Waals surface area (Å²) in [6.45, 7) is 4.92. The molecule has 18 heavy (non-hydrogen) atoms. The fraction of sp³-hybridized carbons (Fsp3) is 0.286. The Balaban J connectivity index is 2.09. The monoisotopic (exact) mass is 305 g/mol. The molecule has 94 valence electrons. The molecule has 0 atom stereocenters. The lowest BCUT2D eigenvalue weighted by Gasteiger charge is -2.07. The quantitative estimate of drug-likeness (QED) is 0.940. The second-order valence-electron chi connectivity index (χ2n) is 4.43. The minimum atomic E-state index is 0.444. The van der Waals surface area contributed by atoms with Gasteiger partial charge in [0, 0.05) is 28.5 Å². The second kappa shape index (κ2) is 6.07. The van der Waals surface area contributed by atoms with Crippen molar-refractivity contribution < 1.29 is 0 Å². The number of halogens is 1. The van der Waals surface area contributed by atoms with Gasteiger partial charge in [0.2, 0.25) is 0 Å². The van der Waals surface area contributed by atoms with Crippen molar-refractivity contribution in [2.75, 3.05) is 0 Å². The number of nitrogens with one attached hydrogen (secondary N) is 1. The smallest absolute Gasteiger partial charge is 0.141 e. The summed E-state index contributed by atoms with van der Waals surface area (Å²) in [6.07, 6.45) is 3.74. The number of benzene rings is 1. The van der Waals surface area contributed by atoms with Crippen LogP contribution in [0.15, 0.2) is 41.1 Å². The number of hydrogen-bond acceptors (Lipinski definition) is 3. The Morgan fingerprint density at radius 3 is 2.22 bits per heavy atom. The third-order valence-electron chi connectivity index (χ3n) is 2.55. The first-order valence-electron chi connectivity index (χ1n) is 5.95. The maximum Gasteiger partial charge on any atom is 0.141 e. The topological polar surface area (TPSA) is 37.8 Å². The highest BCUT2D eigenvalue weighted by atomic mass is 79.9. The van der Waals surface area contributed by atoms with Gasteiger partial charge in [-0.2, -0.15) is 0 Å². The first-order chi connectivity index (χ1) is 8.65. The van der Waals surface area contributed by atoms with Crippen LogP contribution >= 0.6 is 15.9 Å². The van der Waals surface area contributed by atoms with Crippen molar-refractivity contribution >= 4 is 15.9 Å². The van der Waals surface area contributed by atoms with E-state index >= 15 is 0 Å². The summed E-state index contributed by atoms with van der Waals surface area (Å²) < 4.78 is 1.07. The Morgan fingerprint density at radius 2 is 1.67 bits per heavy atom. The Morgan fingerprint density at radius 1 is 1.06 bits per heavy atom. The van der Waals surface area contributed by atoms with Crippen LogP contribution in [-0.2, 0) is 6.54 Å². The van der Waals surface area contributed by atoms with Crippen LogP contribution in [0.3, 0.4) is 0 Å². The predicted molar refractivity (Wildman–Crippen MR) is 77.1 cm³/mol. The average molecular weight is 306 g/mol. The molecule has 0 aliphatic carbocycles. The zero-order valence-electron chi connectivity index (χ0n) is 10.5. The Labute approximate surface area is 116 Å². The summed E-state index contributed by atoms with van der Waals surface area (Å²) in [5.74, 6) is 0.824. The summed E-state index contributed by atoms with van der Waals surface area (Å²) in [4.78, 5) is 8.73. The van der Waals surface area contributed by atoms with Crippen molar-refractivity contribution in [1.29, 1.82) is 0 Å².